The lowest BCUT2D eigenvalue weighted by Gasteiger charge is -2.05. The predicted molar refractivity (Wildman–Crippen MR) is 107 cm³/mol. The number of hydrogen-bond donors (Lipinski definition) is 1. The summed E-state index contributed by atoms with van der Waals surface area (Å²) in [5.41, 5.74) is 1.41. The van der Waals surface area contributed by atoms with Crippen LogP contribution in [0.2, 0.25) is 0 Å². The molecule has 0 aliphatic carbocycles. The molecule has 28 heavy (non-hydrogen) atoms. The van der Waals surface area contributed by atoms with Gasteiger partial charge in [-0.1, -0.05) is 36.8 Å². The van der Waals surface area contributed by atoms with E-state index in [4.69, 9.17) is 9.15 Å². The molecule has 0 radical (unpaired) electrons. The van der Waals surface area contributed by atoms with E-state index < -0.39 is 11.9 Å². The minimum absolute atomic E-state index is 0.127. The van der Waals surface area contributed by atoms with Crippen molar-refractivity contribution < 1.29 is 18.7 Å². The van der Waals surface area contributed by atoms with Crippen LogP contribution in [0.3, 0.4) is 0 Å². The number of aromatic nitrogens is 1. The normalized spacial score (nSPS) is 11.0. The van der Waals surface area contributed by atoms with Crippen LogP contribution in [0, 0.1) is 19.8 Å². The zero-order valence-corrected chi connectivity index (χ0v) is 16.8. The number of carbonyl (C=O) groups is 2. The number of aryl methyl sites for hydroxylation is 2. The van der Waals surface area contributed by atoms with Crippen molar-refractivity contribution in [1.29, 1.82) is 0 Å². The first-order valence-corrected chi connectivity index (χ1v) is 9.56. The first-order valence-electron chi connectivity index (χ1n) is 8.75. The molecule has 0 bridgehead atoms. The Morgan fingerprint density at radius 3 is 2.71 bits per heavy atom. The fraction of sp³-hybridized carbons (Fsp3) is 0.300. The fourth-order valence-electron chi connectivity index (χ4n) is 2.49. The minimum atomic E-state index is -0.615. The smallest absolute Gasteiger partial charge is 0.350 e. The van der Waals surface area contributed by atoms with Gasteiger partial charge in [0.05, 0.1) is 17.7 Å². The molecular formula is C20H20N2O5S. The Morgan fingerprint density at radius 2 is 2.00 bits per heavy atom. The number of carbonyl (C=O) groups excluding carboxylic acids is 2. The number of thiazole rings is 1. The summed E-state index contributed by atoms with van der Waals surface area (Å²) in [5, 5.41) is 3.21. The lowest BCUT2D eigenvalue weighted by Crippen LogP contribution is -2.14. The molecule has 0 atom stereocenters. The first kappa shape index (κ1) is 19.8. The van der Waals surface area contributed by atoms with Crippen LogP contribution >= 0.6 is 11.3 Å². The van der Waals surface area contributed by atoms with Crippen molar-refractivity contribution in [1.82, 2.24) is 4.98 Å². The molecule has 1 amide bonds. The Hall–Kier alpha value is -3.00. The second-order valence-corrected chi connectivity index (χ2v) is 7.85. The Bertz CT molecular complexity index is 1110. The summed E-state index contributed by atoms with van der Waals surface area (Å²) in [5.74, 6) is -0.999. The SMILES string of the molecule is Cc1ccc2oc(C(=O)Nc3nc(C)c(C(=O)OCC(C)C)s3)cc(=O)c2c1. The molecule has 0 aliphatic rings. The van der Waals surface area contributed by atoms with Gasteiger partial charge in [-0.3, -0.25) is 14.9 Å². The molecule has 2 heterocycles. The van der Waals surface area contributed by atoms with Gasteiger partial charge in [-0.05, 0) is 31.9 Å². The van der Waals surface area contributed by atoms with Gasteiger partial charge in [0, 0.05) is 6.07 Å². The molecular weight excluding hydrogens is 380 g/mol. The molecule has 0 fully saturated rings. The third-order valence-corrected chi connectivity index (χ3v) is 4.91. The Kier molecular flexibility index (Phi) is 5.60. The van der Waals surface area contributed by atoms with E-state index in [1.165, 1.54) is 0 Å². The van der Waals surface area contributed by atoms with Crippen LogP contribution in [-0.4, -0.2) is 23.5 Å². The van der Waals surface area contributed by atoms with Gasteiger partial charge in [-0.15, -0.1) is 0 Å². The van der Waals surface area contributed by atoms with Crippen LogP contribution in [0.4, 0.5) is 5.13 Å². The number of nitrogens with zero attached hydrogens (tertiary/aromatic N) is 1. The minimum Gasteiger partial charge on any atom is -0.461 e. The average molecular weight is 400 g/mol. The van der Waals surface area contributed by atoms with Crippen LogP contribution in [0.1, 0.15) is 45.3 Å². The van der Waals surface area contributed by atoms with Crippen molar-refractivity contribution in [3.8, 4) is 0 Å². The lowest BCUT2D eigenvalue weighted by atomic mass is 10.1. The summed E-state index contributed by atoms with van der Waals surface area (Å²) in [6.07, 6.45) is 0. The number of esters is 1. The highest BCUT2D eigenvalue weighted by atomic mass is 32.1. The Balaban J connectivity index is 1.81. The molecule has 0 saturated carbocycles. The molecule has 146 valence electrons. The maximum atomic E-state index is 12.5. The number of rotatable bonds is 5. The zero-order valence-electron chi connectivity index (χ0n) is 16.0. The highest BCUT2D eigenvalue weighted by Gasteiger charge is 2.20. The third-order valence-electron chi connectivity index (χ3n) is 3.86. The van der Waals surface area contributed by atoms with Crippen LogP contribution < -0.4 is 10.7 Å². The number of anilines is 1. The van der Waals surface area contributed by atoms with Crippen molar-refractivity contribution in [3.05, 3.63) is 56.4 Å². The number of fused-ring (bicyclic) bond motifs is 1. The first-order chi connectivity index (χ1) is 13.2. The summed E-state index contributed by atoms with van der Waals surface area (Å²) in [6, 6.07) is 6.31. The van der Waals surface area contributed by atoms with Crippen molar-refractivity contribution >= 4 is 39.3 Å². The third kappa shape index (κ3) is 4.28. The van der Waals surface area contributed by atoms with E-state index in [-0.39, 0.29) is 22.2 Å². The number of hydrogen-bond acceptors (Lipinski definition) is 7. The second kappa shape index (κ2) is 7.93. The van der Waals surface area contributed by atoms with E-state index in [9.17, 15) is 14.4 Å². The summed E-state index contributed by atoms with van der Waals surface area (Å²) in [7, 11) is 0. The van der Waals surface area contributed by atoms with Gasteiger partial charge < -0.3 is 9.15 Å². The van der Waals surface area contributed by atoms with Gasteiger partial charge in [-0.2, -0.15) is 0 Å². The quantitative estimate of drug-likeness (QED) is 0.652. The van der Waals surface area contributed by atoms with Crippen molar-refractivity contribution in [2.75, 3.05) is 11.9 Å². The number of ether oxygens (including phenoxy) is 1. The molecule has 0 aliphatic heterocycles. The molecule has 0 saturated heterocycles. The molecule has 0 spiro atoms. The van der Waals surface area contributed by atoms with E-state index in [0.29, 0.717) is 28.1 Å². The van der Waals surface area contributed by atoms with Crippen molar-refractivity contribution in [2.24, 2.45) is 5.92 Å². The summed E-state index contributed by atoms with van der Waals surface area (Å²) < 4.78 is 10.8. The lowest BCUT2D eigenvalue weighted by molar-refractivity contribution is 0.0463. The topological polar surface area (TPSA) is 98.5 Å². The highest BCUT2D eigenvalue weighted by molar-refractivity contribution is 7.17. The fourth-order valence-corrected chi connectivity index (χ4v) is 3.34. The maximum Gasteiger partial charge on any atom is 0.350 e. The molecule has 3 rings (SSSR count). The largest absolute Gasteiger partial charge is 0.461 e. The monoisotopic (exact) mass is 400 g/mol. The molecule has 2 aromatic heterocycles. The second-order valence-electron chi connectivity index (χ2n) is 6.85. The molecule has 1 aromatic carbocycles. The van der Waals surface area contributed by atoms with Crippen LogP contribution in [0.25, 0.3) is 11.0 Å². The number of benzene rings is 1. The van der Waals surface area contributed by atoms with Crippen LogP contribution in [0.15, 0.2) is 33.5 Å². The Labute approximate surface area is 165 Å². The van der Waals surface area contributed by atoms with Crippen molar-refractivity contribution in [2.45, 2.75) is 27.7 Å². The van der Waals surface area contributed by atoms with Crippen LogP contribution in [0.5, 0.6) is 0 Å². The zero-order chi connectivity index (χ0) is 20.4. The van der Waals surface area contributed by atoms with E-state index in [1.54, 1.807) is 25.1 Å². The molecule has 7 nitrogen and oxygen atoms in total. The van der Waals surface area contributed by atoms with Gasteiger partial charge in [-0.25, -0.2) is 9.78 Å². The predicted octanol–water partition coefficient (Wildman–Crippen LogP) is 3.93. The van der Waals surface area contributed by atoms with Crippen LogP contribution in [-0.2, 0) is 4.74 Å². The van der Waals surface area contributed by atoms with Crippen molar-refractivity contribution in [3.63, 3.8) is 0 Å². The molecule has 3 aromatic rings. The van der Waals surface area contributed by atoms with E-state index >= 15 is 0 Å². The Morgan fingerprint density at radius 1 is 1.25 bits per heavy atom. The van der Waals surface area contributed by atoms with Gasteiger partial charge in [0.2, 0.25) is 0 Å². The molecule has 0 unspecified atom stereocenters. The number of nitrogens with one attached hydrogen (secondary N) is 1. The summed E-state index contributed by atoms with van der Waals surface area (Å²) in [4.78, 5) is 41.4. The van der Waals surface area contributed by atoms with Gasteiger partial charge in [0.25, 0.3) is 5.91 Å². The van der Waals surface area contributed by atoms with E-state index in [0.717, 1.165) is 23.0 Å². The number of amides is 1. The molecule has 8 heteroatoms. The standard InChI is InChI=1S/C20H20N2O5S/c1-10(2)9-26-19(25)17-12(4)21-20(28-17)22-18(24)16-8-14(23)13-7-11(3)5-6-15(13)27-16/h5-8,10H,9H2,1-4H3,(H,21,22,24). The van der Waals surface area contributed by atoms with Gasteiger partial charge in [0.1, 0.15) is 10.5 Å². The average Bonchev–Trinajstić information content (AvgIpc) is 3.00. The maximum absolute atomic E-state index is 12.5. The van der Waals surface area contributed by atoms with Gasteiger partial charge in [0.15, 0.2) is 16.3 Å². The summed E-state index contributed by atoms with van der Waals surface area (Å²) in [6.45, 7) is 7.72. The highest BCUT2D eigenvalue weighted by Crippen LogP contribution is 2.24. The van der Waals surface area contributed by atoms with Gasteiger partial charge >= 0.3 is 5.97 Å². The van der Waals surface area contributed by atoms with E-state index in [1.807, 2.05) is 20.8 Å². The van der Waals surface area contributed by atoms with E-state index in [2.05, 4.69) is 10.3 Å². The summed E-state index contributed by atoms with van der Waals surface area (Å²) >= 11 is 1.01. The molecule has 1 N–H and O–H groups in total.